The highest BCUT2D eigenvalue weighted by atomic mass is 35.5. The molecule has 0 saturated heterocycles. The molecule has 19 heavy (non-hydrogen) atoms. The molecule has 4 heteroatoms. The van der Waals surface area contributed by atoms with Crippen molar-refractivity contribution in [3.63, 3.8) is 0 Å². The van der Waals surface area contributed by atoms with Gasteiger partial charge in [0.15, 0.2) is 0 Å². The van der Waals surface area contributed by atoms with E-state index in [2.05, 4.69) is 22.0 Å². The van der Waals surface area contributed by atoms with Crippen molar-refractivity contribution >= 4 is 17.3 Å². The van der Waals surface area contributed by atoms with Gasteiger partial charge in [-0.25, -0.2) is 4.98 Å². The zero-order valence-electron chi connectivity index (χ0n) is 10.7. The van der Waals surface area contributed by atoms with Gasteiger partial charge in [0.2, 0.25) is 0 Å². The van der Waals surface area contributed by atoms with Crippen LogP contribution in [-0.4, -0.2) is 23.2 Å². The van der Waals surface area contributed by atoms with Gasteiger partial charge >= 0.3 is 0 Å². The first-order chi connectivity index (χ1) is 9.31. The van der Waals surface area contributed by atoms with E-state index >= 15 is 0 Å². The number of benzene rings is 1. The van der Waals surface area contributed by atoms with Gasteiger partial charge in [0, 0.05) is 37.1 Å². The van der Waals surface area contributed by atoms with Gasteiger partial charge in [-0.1, -0.05) is 35.9 Å². The van der Waals surface area contributed by atoms with E-state index in [-0.39, 0.29) is 6.61 Å². The molecule has 1 aromatic heterocycles. The summed E-state index contributed by atoms with van der Waals surface area (Å²) in [5.41, 5.74) is 2.11. The number of anilines is 1. The number of nitrogens with zero attached hydrogens (tertiary/aromatic N) is 2. The summed E-state index contributed by atoms with van der Waals surface area (Å²) < 4.78 is 0. The van der Waals surface area contributed by atoms with Crippen LogP contribution in [0, 0.1) is 0 Å². The summed E-state index contributed by atoms with van der Waals surface area (Å²) in [6.45, 7) is 1.66. The molecule has 3 nitrogen and oxygen atoms in total. The number of pyridine rings is 1. The number of hydrogen-bond acceptors (Lipinski definition) is 3. The molecule has 1 aromatic carbocycles. The van der Waals surface area contributed by atoms with E-state index in [9.17, 15) is 0 Å². The Morgan fingerprint density at radius 2 is 1.89 bits per heavy atom. The van der Waals surface area contributed by atoms with Crippen LogP contribution in [0.3, 0.4) is 0 Å². The minimum absolute atomic E-state index is 0.185. The topological polar surface area (TPSA) is 36.4 Å². The molecule has 1 N–H and O–H groups in total. The predicted octanol–water partition coefficient (Wildman–Crippen LogP) is 3.12. The number of hydrogen-bond donors (Lipinski definition) is 1. The van der Waals surface area contributed by atoms with Crippen molar-refractivity contribution < 1.29 is 5.11 Å². The lowest BCUT2D eigenvalue weighted by atomic mass is 10.2. The maximum absolute atomic E-state index is 9.02. The second kappa shape index (κ2) is 7.12. The van der Waals surface area contributed by atoms with Crippen molar-refractivity contribution in [1.82, 2.24) is 4.98 Å². The molecule has 0 fully saturated rings. The molecule has 2 rings (SSSR count). The lowest BCUT2D eigenvalue weighted by molar-refractivity contribution is 0.289. The van der Waals surface area contributed by atoms with E-state index in [1.54, 1.807) is 6.20 Å². The van der Waals surface area contributed by atoms with Crippen LogP contribution >= 0.6 is 11.6 Å². The molecular formula is C15H17ClN2O. The molecular weight excluding hydrogens is 260 g/mol. The fourth-order valence-corrected chi connectivity index (χ4v) is 2.12. The van der Waals surface area contributed by atoms with Crippen LogP contribution in [0.4, 0.5) is 5.69 Å². The maximum atomic E-state index is 9.02. The summed E-state index contributed by atoms with van der Waals surface area (Å²) in [5.74, 6) is 0. The number of aromatic nitrogens is 1. The van der Waals surface area contributed by atoms with E-state index in [1.165, 1.54) is 0 Å². The smallest absolute Gasteiger partial charge is 0.133 e. The molecule has 0 amide bonds. The SMILES string of the molecule is OCCCN(Cc1cccnc1Cl)c1ccccc1. The Bertz CT molecular complexity index is 505. The first-order valence-electron chi connectivity index (χ1n) is 6.31. The minimum Gasteiger partial charge on any atom is -0.396 e. The van der Waals surface area contributed by atoms with Crippen LogP contribution in [0.25, 0.3) is 0 Å². The fraction of sp³-hybridized carbons (Fsp3) is 0.267. The average Bonchev–Trinajstić information content (AvgIpc) is 2.46. The number of aliphatic hydroxyl groups excluding tert-OH is 1. The summed E-state index contributed by atoms with van der Waals surface area (Å²) in [6.07, 6.45) is 2.42. The Morgan fingerprint density at radius 3 is 2.58 bits per heavy atom. The first-order valence-corrected chi connectivity index (χ1v) is 6.69. The third-order valence-corrected chi connectivity index (χ3v) is 3.25. The third kappa shape index (κ3) is 3.94. The van der Waals surface area contributed by atoms with Crippen molar-refractivity contribution in [1.29, 1.82) is 0 Å². The van der Waals surface area contributed by atoms with Crippen LogP contribution in [0.1, 0.15) is 12.0 Å². The molecule has 0 radical (unpaired) electrons. The number of halogens is 1. The molecule has 0 saturated carbocycles. The fourth-order valence-electron chi connectivity index (χ4n) is 1.94. The lowest BCUT2D eigenvalue weighted by Crippen LogP contribution is -2.24. The number of aliphatic hydroxyl groups is 1. The van der Waals surface area contributed by atoms with Gasteiger partial charge in [0.1, 0.15) is 5.15 Å². The standard InChI is InChI=1S/C15H17ClN2O/c16-15-13(6-4-9-17-15)12-18(10-5-11-19)14-7-2-1-3-8-14/h1-4,6-9,19H,5,10-12H2. The zero-order valence-corrected chi connectivity index (χ0v) is 11.4. The molecule has 100 valence electrons. The van der Waals surface area contributed by atoms with Gasteiger partial charge in [-0.05, 0) is 24.6 Å². The minimum atomic E-state index is 0.185. The average molecular weight is 277 g/mol. The Morgan fingerprint density at radius 1 is 1.11 bits per heavy atom. The van der Waals surface area contributed by atoms with Crippen LogP contribution in [0.15, 0.2) is 48.7 Å². The summed E-state index contributed by atoms with van der Waals surface area (Å²) in [6, 6.07) is 14.0. The van der Waals surface area contributed by atoms with Crippen LogP contribution in [-0.2, 0) is 6.54 Å². The molecule has 0 spiro atoms. The summed E-state index contributed by atoms with van der Waals surface area (Å²) in [7, 11) is 0. The predicted molar refractivity (Wildman–Crippen MR) is 78.4 cm³/mol. The first kappa shape index (κ1) is 13.8. The van der Waals surface area contributed by atoms with Crippen molar-refractivity contribution in [2.45, 2.75) is 13.0 Å². The molecule has 0 aliphatic carbocycles. The molecule has 2 aromatic rings. The summed E-state index contributed by atoms with van der Waals surface area (Å²) >= 11 is 6.10. The van der Waals surface area contributed by atoms with Gasteiger partial charge in [0.05, 0.1) is 0 Å². The Hall–Kier alpha value is -1.58. The van der Waals surface area contributed by atoms with Gasteiger partial charge in [0.25, 0.3) is 0 Å². The van der Waals surface area contributed by atoms with E-state index in [4.69, 9.17) is 16.7 Å². The van der Waals surface area contributed by atoms with E-state index < -0.39 is 0 Å². The third-order valence-electron chi connectivity index (χ3n) is 2.91. The molecule has 0 aliphatic heterocycles. The Labute approximate surface area is 118 Å². The molecule has 0 atom stereocenters. The summed E-state index contributed by atoms with van der Waals surface area (Å²) in [4.78, 5) is 6.29. The monoisotopic (exact) mass is 276 g/mol. The van der Waals surface area contributed by atoms with Gasteiger partial charge in [-0.3, -0.25) is 0 Å². The van der Waals surface area contributed by atoms with Crippen molar-refractivity contribution in [3.05, 3.63) is 59.4 Å². The van der Waals surface area contributed by atoms with Gasteiger partial charge < -0.3 is 10.0 Å². The van der Waals surface area contributed by atoms with Crippen LogP contribution in [0.5, 0.6) is 0 Å². The largest absolute Gasteiger partial charge is 0.396 e. The second-order valence-electron chi connectivity index (χ2n) is 4.29. The second-order valence-corrected chi connectivity index (χ2v) is 4.65. The lowest BCUT2D eigenvalue weighted by Gasteiger charge is -2.25. The molecule has 0 aliphatic rings. The van der Waals surface area contributed by atoms with E-state index in [1.807, 2.05) is 30.3 Å². The maximum Gasteiger partial charge on any atom is 0.133 e. The highest BCUT2D eigenvalue weighted by molar-refractivity contribution is 6.30. The Balaban J connectivity index is 2.17. The zero-order chi connectivity index (χ0) is 13.5. The normalized spacial score (nSPS) is 10.4. The number of rotatable bonds is 6. The van der Waals surface area contributed by atoms with Gasteiger partial charge in [-0.2, -0.15) is 0 Å². The number of para-hydroxylation sites is 1. The van der Waals surface area contributed by atoms with Crippen molar-refractivity contribution in [2.24, 2.45) is 0 Å². The molecule has 0 bridgehead atoms. The quantitative estimate of drug-likeness (QED) is 0.824. The Kier molecular flexibility index (Phi) is 5.19. The summed E-state index contributed by atoms with van der Waals surface area (Å²) in [5, 5.41) is 9.55. The van der Waals surface area contributed by atoms with Crippen LogP contribution < -0.4 is 4.90 Å². The van der Waals surface area contributed by atoms with E-state index in [0.717, 1.165) is 24.2 Å². The van der Waals surface area contributed by atoms with Crippen molar-refractivity contribution in [3.8, 4) is 0 Å². The highest BCUT2D eigenvalue weighted by Gasteiger charge is 2.09. The van der Waals surface area contributed by atoms with Crippen molar-refractivity contribution in [2.75, 3.05) is 18.1 Å². The highest BCUT2D eigenvalue weighted by Crippen LogP contribution is 2.20. The van der Waals surface area contributed by atoms with Crippen LogP contribution in [0.2, 0.25) is 5.15 Å². The molecule has 0 unspecified atom stereocenters. The van der Waals surface area contributed by atoms with E-state index in [0.29, 0.717) is 11.7 Å². The van der Waals surface area contributed by atoms with Gasteiger partial charge in [-0.15, -0.1) is 0 Å². The molecule has 1 heterocycles.